The molecule has 2 saturated carbocycles. The summed E-state index contributed by atoms with van der Waals surface area (Å²) < 4.78 is 10.1. The molecule has 2 fully saturated rings. The number of hydrogen-bond acceptors (Lipinski definition) is 4. The van der Waals surface area contributed by atoms with Gasteiger partial charge in [-0.3, -0.25) is 0 Å². The Hall–Kier alpha value is -11.4. The maximum atomic E-state index is 5.65. The molecule has 8 nitrogen and oxygen atoms in total. The molecule has 460 valence electrons. The number of hydrogen-bond donors (Lipinski definition) is 0. The lowest BCUT2D eigenvalue weighted by Gasteiger charge is -2.32. The van der Waals surface area contributed by atoms with Gasteiger partial charge in [0.2, 0.25) is 0 Å². The van der Waals surface area contributed by atoms with Crippen LogP contribution >= 0.6 is 0 Å². The van der Waals surface area contributed by atoms with E-state index in [1.807, 2.05) is 0 Å². The number of para-hydroxylation sites is 8. The monoisotopic (exact) mass is 1240 g/mol. The Balaban J connectivity index is 0.693. The Labute approximate surface area is 556 Å². The number of nitrogens with zero attached hydrogens (tertiary/aromatic N) is 8. The molecular formula is C88H68N8. The Morgan fingerprint density at radius 2 is 0.802 bits per heavy atom. The lowest BCUT2D eigenvalue weighted by atomic mass is 9.83. The minimum atomic E-state index is 0.144. The van der Waals surface area contributed by atoms with Crippen LogP contribution in [0.4, 0.5) is 11.4 Å². The second-order valence-corrected chi connectivity index (χ2v) is 27.2. The highest BCUT2D eigenvalue weighted by Crippen LogP contribution is 2.55. The van der Waals surface area contributed by atoms with Crippen molar-refractivity contribution in [2.75, 3.05) is 4.90 Å². The number of rotatable bonds is 9. The van der Waals surface area contributed by atoms with Gasteiger partial charge < -0.3 is 23.2 Å². The van der Waals surface area contributed by atoms with E-state index in [0.717, 1.165) is 74.0 Å². The first-order valence-electron chi connectivity index (χ1n) is 34.6. The molecule has 0 amide bonds. The van der Waals surface area contributed by atoms with Crippen molar-refractivity contribution in [3.05, 3.63) is 302 Å². The second kappa shape index (κ2) is 22.1. The summed E-state index contributed by atoms with van der Waals surface area (Å²) in [6.07, 6.45) is 8.54. The van der Waals surface area contributed by atoms with Crippen LogP contribution in [0, 0.1) is 0 Å². The molecule has 8 heteroatoms. The Morgan fingerprint density at radius 3 is 1.47 bits per heavy atom. The zero-order valence-corrected chi connectivity index (χ0v) is 53.3. The molecule has 12 aromatic carbocycles. The fourth-order valence-electron chi connectivity index (χ4n) is 17.9. The highest BCUT2D eigenvalue weighted by molar-refractivity contribution is 6.13. The van der Waals surface area contributed by atoms with Gasteiger partial charge in [0, 0.05) is 106 Å². The van der Waals surface area contributed by atoms with E-state index < -0.39 is 0 Å². The molecule has 5 aromatic heterocycles. The van der Waals surface area contributed by atoms with Crippen LogP contribution in [0.1, 0.15) is 92.1 Å². The molecule has 1 aliphatic heterocycles. The Bertz CT molecular complexity index is 5820. The number of fused-ring (bicyclic) bond motifs is 15. The van der Waals surface area contributed by atoms with Crippen molar-refractivity contribution in [1.82, 2.24) is 33.2 Å². The van der Waals surface area contributed by atoms with Crippen LogP contribution < -0.4 is 4.90 Å². The van der Waals surface area contributed by atoms with Gasteiger partial charge in [-0.25, -0.2) is 15.0 Å². The van der Waals surface area contributed by atoms with Gasteiger partial charge >= 0.3 is 0 Å². The largest absolute Gasteiger partial charge is 0.337 e. The van der Waals surface area contributed by atoms with E-state index in [-0.39, 0.29) is 12.0 Å². The van der Waals surface area contributed by atoms with E-state index in [4.69, 9.17) is 15.0 Å². The van der Waals surface area contributed by atoms with Crippen LogP contribution in [0.2, 0.25) is 0 Å². The van der Waals surface area contributed by atoms with Crippen molar-refractivity contribution in [2.24, 2.45) is 0 Å². The lowest BCUT2D eigenvalue weighted by molar-refractivity contribution is 0.323. The van der Waals surface area contributed by atoms with Crippen LogP contribution in [-0.2, 0) is 0 Å². The Morgan fingerprint density at radius 1 is 0.302 bits per heavy atom. The summed E-state index contributed by atoms with van der Waals surface area (Å²) >= 11 is 0. The summed E-state index contributed by atoms with van der Waals surface area (Å²) in [5.41, 5.74) is 20.6. The first-order chi connectivity index (χ1) is 47.6. The van der Waals surface area contributed by atoms with Gasteiger partial charge in [-0.15, -0.1) is 0 Å². The smallest absolute Gasteiger partial charge is 0.163 e. The predicted octanol–water partition coefficient (Wildman–Crippen LogP) is 22.5. The molecule has 2 aliphatic carbocycles. The quantitative estimate of drug-likeness (QED) is 0.144. The first-order valence-corrected chi connectivity index (χ1v) is 34.6. The van der Waals surface area contributed by atoms with Crippen molar-refractivity contribution >= 4 is 98.6 Å². The molecule has 0 N–H and O–H groups in total. The summed E-state index contributed by atoms with van der Waals surface area (Å²) in [4.78, 5) is 19.3. The van der Waals surface area contributed by atoms with Crippen LogP contribution in [0.15, 0.2) is 285 Å². The zero-order chi connectivity index (χ0) is 63.0. The fourth-order valence-corrected chi connectivity index (χ4v) is 17.9. The summed E-state index contributed by atoms with van der Waals surface area (Å²) in [7, 11) is 0. The average Bonchev–Trinajstić information content (AvgIpc) is 1.56. The molecule has 5 unspecified atom stereocenters. The molecule has 6 heterocycles. The third-order valence-corrected chi connectivity index (χ3v) is 22.1. The third-order valence-electron chi connectivity index (χ3n) is 22.1. The summed E-state index contributed by atoms with van der Waals surface area (Å²) in [5, 5.41) is 10.2. The van der Waals surface area contributed by atoms with Gasteiger partial charge in [0.05, 0.1) is 44.5 Å². The summed E-state index contributed by atoms with van der Waals surface area (Å²) in [6, 6.07) is 106. The van der Waals surface area contributed by atoms with Crippen molar-refractivity contribution in [3.63, 3.8) is 0 Å². The molecule has 3 aliphatic rings. The normalized spacial score (nSPS) is 18.2. The van der Waals surface area contributed by atoms with Gasteiger partial charge in [-0.2, -0.15) is 0 Å². The highest BCUT2D eigenvalue weighted by atomic mass is 15.2. The van der Waals surface area contributed by atoms with Crippen LogP contribution in [0.3, 0.4) is 0 Å². The Kier molecular flexibility index (Phi) is 12.7. The SMILES string of the molecule is c1ccc(-c2nc(-c3ccc(N4c5ccccc5C5CC(c6ccc7c(c6)c6ccccc6n7-c6ccc7c(c6)c6ccccc6n7-c6ccccc6)CCCC54)c(-n4c5ccccc5c5ccccc54)c3)nc(C3CCCC(n4c5ccccc5c5ccccc54)C3)n2)cc1. The predicted molar refractivity (Wildman–Crippen MR) is 396 cm³/mol. The summed E-state index contributed by atoms with van der Waals surface area (Å²) in [5.74, 6) is 3.12. The molecule has 17 aromatic rings. The maximum absolute atomic E-state index is 5.65. The average molecular weight is 1240 g/mol. The van der Waals surface area contributed by atoms with E-state index in [1.165, 1.54) is 121 Å². The van der Waals surface area contributed by atoms with Crippen LogP contribution in [0.25, 0.3) is 127 Å². The first kappa shape index (κ1) is 55.1. The second-order valence-electron chi connectivity index (χ2n) is 27.2. The third kappa shape index (κ3) is 8.63. The topological polar surface area (TPSA) is 61.6 Å². The van der Waals surface area contributed by atoms with Gasteiger partial charge in [-0.05, 0) is 159 Å². The van der Waals surface area contributed by atoms with Gasteiger partial charge in [0.1, 0.15) is 5.82 Å². The van der Waals surface area contributed by atoms with Crippen molar-refractivity contribution in [3.8, 4) is 39.8 Å². The van der Waals surface area contributed by atoms with E-state index in [2.05, 4.69) is 308 Å². The van der Waals surface area contributed by atoms with E-state index >= 15 is 0 Å². The van der Waals surface area contributed by atoms with Crippen LogP contribution in [0.5, 0.6) is 0 Å². The highest BCUT2D eigenvalue weighted by Gasteiger charge is 2.43. The lowest BCUT2D eigenvalue weighted by Crippen LogP contribution is -2.30. The van der Waals surface area contributed by atoms with Crippen molar-refractivity contribution < 1.29 is 0 Å². The molecule has 0 spiro atoms. The molecule has 5 atom stereocenters. The van der Waals surface area contributed by atoms with Crippen molar-refractivity contribution in [2.45, 2.75) is 81.2 Å². The van der Waals surface area contributed by atoms with Crippen molar-refractivity contribution in [1.29, 1.82) is 0 Å². The van der Waals surface area contributed by atoms with E-state index in [1.54, 1.807) is 0 Å². The fraction of sp³-hybridized carbons (Fsp3) is 0.148. The standard InChI is InChI=1S/C88H68N8/c1-3-23-56(24-4-1)86-89-87(59-26-21-29-62(51-59)93-74-37-14-7-30-64(74)65-31-8-15-38-75(65)93)91-88(90-86)60-46-49-84(85(54-60)96-78-41-18-9-32-66(78)67-33-10-19-42-79(67)96)95-80-43-20-13-35-69(80)71-52-57(25-22-44-81(71)95)58-45-48-82-72(53-58)68-34-11-17-40-77(68)94(82)63-47-50-83-73(55-63)70-36-12-16-39-76(70)92(83)61-27-5-2-6-28-61/h1-20,23-24,27-28,30-43,45-50,53-55,57,59,62,71,81H,21-22,25-26,29,44,51-52H2. The number of aromatic nitrogens is 7. The molecule has 0 bridgehead atoms. The van der Waals surface area contributed by atoms with Crippen LogP contribution in [-0.4, -0.2) is 39.3 Å². The summed E-state index contributed by atoms with van der Waals surface area (Å²) in [6.45, 7) is 0. The van der Waals surface area contributed by atoms with Gasteiger partial charge in [0.15, 0.2) is 11.6 Å². The molecule has 96 heavy (non-hydrogen) atoms. The maximum Gasteiger partial charge on any atom is 0.163 e. The molecule has 0 radical (unpaired) electrons. The minimum absolute atomic E-state index is 0.144. The molecular weight excluding hydrogens is 1170 g/mol. The number of benzene rings is 12. The van der Waals surface area contributed by atoms with Gasteiger partial charge in [-0.1, -0.05) is 195 Å². The van der Waals surface area contributed by atoms with E-state index in [0.29, 0.717) is 29.5 Å². The zero-order valence-electron chi connectivity index (χ0n) is 53.3. The van der Waals surface area contributed by atoms with E-state index in [9.17, 15) is 0 Å². The minimum Gasteiger partial charge on any atom is -0.337 e. The number of anilines is 2. The molecule has 20 rings (SSSR count). The van der Waals surface area contributed by atoms with Gasteiger partial charge in [0.25, 0.3) is 0 Å². The molecule has 0 saturated heterocycles.